The first kappa shape index (κ1) is 24.9. The van der Waals surface area contributed by atoms with Gasteiger partial charge in [-0.2, -0.15) is 0 Å². The SMILES string of the molecule is CCNC(=O)Nc1ncnc2c1ncn2[C@@H]1O[C@H](COP(=O)(O)CNCC(=O)O)C(O)[C@@H]1O. The number of rotatable bonds is 10. The van der Waals surface area contributed by atoms with Crippen LogP contribution in [0.5, 0.6) is 0 Å². The quantitative estimate of drug-likeness (QED) is 0.187. The first-order chi connectivity index (χ1) is 15.6. The third kappa shape index (κ3) is 6.00. The van der Waals surface area contributed by atoms with Crippen LogP contribution < -0.4 is 16.0 Å². The molecule has 7 N–H and O–H groups in total. The second-order valence-corrected chi connectivity index (χ2v) is 8.84. The highest BCUT2D eigenvalue weighted by Crippen LogP contribution is 2.42. The summed E-state index contributed by atoms with van der Waals surface area (Å²) in [5, 5.41) is 36.7. The first-order valence-electron chi connectivity index (χ1n) is 9.75. The number of urea groups is 1. The van der Waals surface area contributed by atoms with Crippen LogP contribution >= 0.6 is 7.60 Å². The van der Waals surface area contributed by atoms with Crippen LogP contribution in [0.2, 0.25) is 0 Å². The van der Waals surface area contributed by atoms with Crippen molar-refractivity contribution in [2.45, 2.75) is 31.5 Å². The van der Waals surface area contributed by atoms with Gasteiger partial charge in [-0.25, -0.2) is 19.7 Å². The van der Waals surface area contributed by atoms with Gasteiger partial charge >= 0.3 is 19.6 Å². The number of amides is 2. The highest BCUT2D eigenvalue weighted by molar-refractivity contribution is 7.52. The second-order valence-electron chi connectivity index (χ2n) is 6.99. The smallest absolute Gasteiger partial charge is 0.341 e. The van der Waals surface area contributed by atoms with Crippen LogP contribution in [-0.2, 0) is 18.6 Å². The highest BCUT2D eigenvalue weighted by Gasteiger charge is 2.45. The molecule has 5 atom stereocenters. The number of nitrogens with zero attached hydrogens (tertiary/aromatic N) is 4. The number of aliphatic hydroxyl groups excluding tert-OH is 2. The number of carboxylic acid groups (broad SMARTS) is 1. The molecule has 182 valence electrons. The number of aliphatic carboxylic acids is 1. The van der Waals surface area contributed by atoms with Gasteiger partial charge in [-0.15, -0.1) is 0 Å². The van der Waals surface area contributed by atoms with Crippen LogP contribution in [0, 0.1) is 0 Å². The topological polar surface area (TPSA) is 230 Å². The van der Waals surface area contributed by atoms with E-state index < -0.39 is 63.6 Å². The number of anilines is 1. The number of carboxylic acids is 1. The Morgan fingerprint density at radius 1 is 1.27 bits per heavy atom. The van der Waals surface area contributed by atoms with Crippen LogP contribution in [0.25, 0.3) is 11.2 Å². The van der Waals surface area contributed by atoms with Gasteiger partial charge in [0.1, 0.15) is 24.6 Å². The molecule has 1 aliphatic heterocycles. The predicted octanol–water partition coefficient (Wildman–Crippen LogP) is -1.58. The van der Waals surface area contributed by atoms with E-state index in [4.69, 9.17) is 14.4 Å². The van der Waals surface area contributed by atoms with Gasteiger partial charge in [0.25, 0.3) is 0 Å². The predicted molar refractivity (Wildman–Crippen MR) is 110 cm³/mol. The van der Waals surface area contributed by atoms with Crippen molar-refractivity contribution in [3.8, 4) is 0 Å². The number of hydrogen-bond acceptors (Lipinski definition) is 11. The molecule has 1 saturated heterocycles. The van der Waals surface area contributed by atoms with E-state index in [1.165, 1.54) is 17.2 Å². The van der Waals surface area contributed by atoms with Gasteiger partial charge in [0.2, 0.25) is 0 Å². The lowest BCUT2D eigenvalue weighted by molar-refractivity contribution is -0.135. The van der Waals surface area contributed by atoms with Crippen molar-refractivity contribution in [1.82, 2.24) is 30.2 Å². The molecule has 1 fully saturated rings. The number of ether oxygens (including phenoxy) is 1. The van der Waals surface area contributed by atoms with E-state index in [2.05, 4.69) is 30.9 Å². The largest absolute Gasteiger partial charge is 0.480 e. The third-order valence-corrected chi connectivity index (χ3v) is 5.74. The molecule has 2 aromatic heterocycles. The fraction of sp³-hybridized carbons (Fsp3) is 0.562. The minimum Gasteiger partial charge on any atom is -0.480 e. The van der Waals surface area contributed by atoms with Gasteiger partial charge in [-0.1, -0.05) is 0 Å². The van der Waals surface area contributed by atoms with Gasteiger partial charge in [-0.05, 0) is 6.92 Å². The van der Waals surface area contributed by atoms with Crippen molar-refractivity contribution < 1.29 is 43.6 Å². The fourth-order valence-corrected chi connectivity index (χ4v) is 3.94. The second kappa shape index (κ2) is 10.5. The lowest BCUT2D eigenvalue weighted by Gasteiger charge is -2.18. The van der Waals surface area contributed by atoms with E-state index in [0.29, 0.717) is 6.54 Å². The van der Waals surface area contributed by atoms with Gasteiger partial charge in [0.05, 0.1) is 25.8 Å². The van der Waals surface area contributed by atoms with Gasteiger partial charge in [-0.3, -0.25) is 24.6 Å². The van der Waals surface area contributed by atoms with Crippen LogP contribution in [0.15, 0.2) is 12.7 Å². The van der Waals surface area contributed by atoms with E-state index in [9.17, 15) is 29.3 Å². The molecule has 0 radical (unpaired) electrons. The molecule has 1 aliphatic rings. The first-order valence-corrected chi connectivity index (χ1v) is 11.5. The number of aromatic nitrogens is 4. The van der Waals surface area contributed by atoms with Gasteiger partial charge in [0.15, 0.2) is 23.2 Å². The lowest BCUT2D eigenvalue weighted by Crippen LogP contribution is -2.34. The summed E-state index contributed by atoms with van der Waals surface area (Å²) in [7, 11) is -4.23. The molecule has 2 amide bonds. The lowest BCUT2D eigenvalue weighted by atomic mass is 10.1. The fourth-order valence-electron chi connectivity index (χ4n) is 3.08. The number of carbonyl (C=O) groups excluding carboxylic acids is 1. The number of aliphatic hydroxyl groups is 2. The Bertz CT molecular complexity index is 1050. The van der Waals surface area contributed by atoms with E-state index in [-0.39, 0.29) is 17.0 Å². The summed E-state index contributed by atoms with van der Waals surface area (Å²) in [6, 6.07) is -0.497. The third-order valence-electron chi connectivity index (χ3n) is 4.57. The van der Waals surface area contributed by atoms with Crippen LogP contribution in [0.3, 0.4) is 0 Å². The molecule has 17 heteroatoms. The standard InChI is InChI=1S/C16H24N7O9P/c1-2-18-16(28)22-13-10-14(20-5-19-13)23(6-21-10)15-12(27)11(26)8(32-15)4-31-33(29,30)7-17-3-9(24)25/h5-6,8,11-12,15,17,26-27H,2-4,7H2,1H3,(H,24,25)(H,29,30)(H2,18,19,20,22,28)/t8-,11?,12+,15-/m1/s1. The van der Waals surface area contributed by atoms with Gasteiger partial charge < -0.3 is 34.8 Å². The molecule has 0 aromatic carbocycles. The minimum atomic E-state index is -4.23. The molecule has 2 unspecified atom stereocenters. The molecule has 0 aliphatic carbocycles. The number of carbonyl (C=O) groups is 2. The van der Waals surface area contributed by atoms with Crippen molar-refractivity contribution in [1.29, 1.82) is 0 Å². The monoisotopic (exact) mass is 489 g/mol. The molecule has 0 spiro atoms. The summed E-state index contributed by atoms with van der Waals surface area (Å²) in [4.78, 5) is 44.3. The van der Waals surface area contributed by atoms with Crippen molar-refractivity contribution >= 4 is 36.6 Å². The normalized spacial score (nSPS) is 24.5. The Hall–Kier alpha value is -2.72. The molecule has 3 heterocycles. The average molecular weight is 489 g/mol. The maximum Gasteiger partial charge on any atom is 0.341 e. The summed E-state index contributed by atoms with van der Waals surface area (Å²) in [6.45, 7) is 1.05. The van der Waals surface area contributed by atoms with Crippen LogP contribution in [0.4, 0.5) is 10.6 Å². The van der Waals surface area contributed by atoms with Gasteiger partial charge in [0, 0.05) is 6.54 Å². The maximum atomic E-state index is 12.0. The van der Waals surface area contributed by atoms with Crippen LogP contribution in [0.1, 0.15) is 13.2 Å². The van der Waals surface area contributed by atoms with E-state index in [0.717, 1.165) is 0 Å². The number of imidazole rings is 1. The van der Waals surface area contributed by atoms with E-state index in [1.807, 2.05) is 0 Å². The van der Waals surface area contributed by atoms with E-state index in [1.54, 1.807) is 6.92 Å². The molecule has 16 nitrogen and oxygen atoms in total. The Kier molecular flexibility index (Phi) is 7.91. The number of fused-ring (bicyclic) bond motifs is 1. The Balaban J connectivity index is 1.70. The maximum absolute atomic E-state index is 12.0. The summed E-state index contributed by atoms with van der Waals surface area (Å²) >= 11 is 0. The molecule has 3 rings (SSSR count). The number of nitrogens with one attached hydrogen (secondary N) is 3. The molecule has 0 bridgehead atoms. The van der Waals surface area contributed by atoms with Crippen molar-refractivity contribution in [2.75, 3.05) is 31.3 Å². The molecule has 33 heavy (non-hydrogen) atoms. The highest BCUT2D eigenvalue weighted by atomic mass is 31.2. The summed E-state index contributed by atoms with van der Waals surface area (Å²) < 4.78 is 23.9. The molecule has 0 saturated carbocycles. The molecular weight excluding hydrogens is 465 g/mol. The molecular formula is C16H24N7O9P. The summed E-state index contributed by atoms with van der Waals surface area (Å²) in [5.41, 5.74) is 0.401. The zero-order valence-electron chi connectivity index (χ0n) is 17.4. The summed E-state index contributed by atoms with van der Waals surface area (Å²) in [5.74, 6) is -1.09. The van der Waals surface area contributed by atoms with E-state index >= 15 is 0 Å². The van der Waals surface area contributed by atoms with Crippen molar-refractivity contribution in [3.05, 3.63) is 12.7 Å². The van der Waals surface area contributed by atoms with Crippen LogP contribution in [-0.4, -0.2) is 96.0 Å². The Morgan fingerprint density at radius 3 is 2.73 bits per heavy atom. The van der Waals surface area contributed by atoms with Crippen molar-refractivity contribution in [2.24, 2.45) is 0 Å². The summed E-state index contributed by atoms with van der Waals surface area (Å²) in [6.07, 6.45) is -3.47. The molecule has 2 aromatic rings. The van der Waals surface area contributed by atoms with Crippen molar-refractivity contribution in [3.63, 3.8) is 0 Å². The Morgan fingerprint density at radius 2 is 2.03 bits per heavy atom. The zero-order valence-corrected chi connectivity index (χ0v) is 18.3. The Labute approximate surface area is 186 Å². The zero-order chi connectivity index (χ0) is 24.2. The minimum absolute atomic E-state index is 0.118. The average Bonchev–Trinajstić information content (AvgIpc) is 3.29. The number of hydrogen-bond donors (Lipinski definition) is 7.